The Hall–Kier alpha value is -1.62. The topological polar surface area (TPSA) is 18.5 Å². The zero-order valence-electron chi connectivity index (χ0n) is 6.70. The molecule has 0 aliphatic carbocycles. The quantitative estimate of drug-likeness (QED) is 0.539. The Morgan fingerprint density at radius 3 is 2.25 bits per heavy atom. The average Bonchev–Trinajstić information content (AvgIpc) is 2.47. The molecule has 0 aromatic heterocycles. The fraction of sp³-hybridized carbons (Fsp3) is 0.200. The maximum atomic E-state index is 5.35. The van der Waals surface area contributed by atoms with E-state index < -0.39 is 6.29 Å². The Morgan fingerprint density at radius 2 is 1.75 bits per heavy atom. The fourth-order valence-electron chi connectivity index (χ4n) is 1.08. The van der Waals surface area contributed by atoms with Gasteiger partial charge in [-0.05, 0) is 25.0 Å². The van der Waals surface area contributed by atoms with Crippen molar-refractivity contribution < 1.29 is 9.47 Å². The van der Waals surface area contributed by atoms with Crippen molar-refractivity contribution >= 4 is 0 Å². The van der Waals surface area contributed by atoms with E-state index in [4.69, 9.17) is 9.47 Å². The minimum Gasteiger partial charge on any atom is -0.440 e. The first kappa shape index (κ1) is 7.05. The lowest BCUT2D eigenvalue weighted by Gasteiger charge is -1.99. The number of ether oxygens (including phenoxy) is 2. The van der Waals surface area contributed by atoms with E-state index in [2.05, 4.69) is 11.8 Å². The van der Waals surface area contributed by atoms with Crippen molar-refractivity contribution in [2.75, 3.05) is 0 Å². The molecule has 12 heavy (non-hydrogen) atoms. The molecule has 0 atom stereocenters. The van der Waals surface area contributed by atoms with Gasteiger partial charge < -0.3 is 9.47 Å². The molecular weight excluding hydrogens is 152 g/mol. The molecular formula is C10H8O2. The van der Waals surface area contributed by atoms with Crippen molar-refractivity contribution in [2.24, 2.45) is 0 Å². The summed E-state index contributed by atoms with van der Waals surface area (Å²) in [4.78, 5) is 0. The number of benzene rings is 1. The van der Waals surface area contributed by atoms with E-state index >= 15 is 0 Å². The Bertz CT molecular complexity index is 321. The van der Waals surface area contributed by atoms with Crippen LogP contribution < -0.4 is 9.47 Å². The van der Waals surface area contributed by atoms with Crippen LogP contribution in [0.1, 0.15) is 6.92 Å². The zero-order chi connectivity index (χ0) is 8.39. The van der Waals surface area contributed by atoms with Gasteiger partial charge in [-0.1, -0.05) is 18.1 Å². The highest BCUT2D eigenvalue weighted by molar-refractivity contribution is 5.42. The number of rotatable bonds is 0. The molecule has 0 unspecified atom stereocenters. The molecule has 0 bridgehead atoms. The van der Waals surface area contributed by atoms with E-state index in [1.165, 1.54) is 0 Å². The van der Waals surface area contributed by atoms with Crippen LogP contribution in [-0.2, 0) is 0 Å². The summed E-state index contributed by atoms with van der Waals surface area (Å²) in [6.07, 6.45) is -0.424. The average molecular weight is 160 g/mol. The van der Waals surface area contributed by atoms with Crippen LogP contribution in [0.15, 0.2) is 24.3 Å². The summed E-state index contributed by atoms with van der Waals surface area (Å²) in [6, 6.07) is 7.55. The van der Waals surface area contributed by atoms with E-state index in [0.29, 0.717) is 0 Å². The van der Waals surface area contributed by atoms with E-state index in [0.717, 1.165) is 11.5 Å². The minimum atomic E-state index is -0.424. The highest BCUT2D eigenvalue weighted by Crippen LogP contribution is 2.33. The molecule has 1 aromatic carbocycles. The third-order valence-electron chi connectivity index (χ3n) is 1.58. The normalized spacial score (nSPS) is 13.8. The molecule has 1 heterocycles. The Labute approximate surface area is 71.1 Å². The summed E-state index contributed by atoms with van der Waals surface area (Å²) in [5, 5.41) is 0. The van der Waals surface area contributed by atoms with E-state index in [-0.39, 0.29) is 0 Å². The fourth-order valence-corrected chi connectivity index (χ4v) is 1.08. The molecule has 1 aromatic rings. The largest absolute Gasteiger partial charge is 0.440 e. The monoisotopic (exact) mass is 160 g/mol. The molecule has 0 spiro atoms. The lowest BCUT2D eigenvalue weighted by atomic mass is 10.3. The molecule has 0 fully saturated rings. The molecule has 2 heteroatoms. The van der Waals surface area contributed by atoms with Gasteiger partial charge in [-0.25, -0.2) is 0 Å². The predicted molar refractivity (Wildman–Crippen MR) is 44.9 cm³/mol. The van der Waals surface area contributed by atoms with Crippen LogP contribution in [0.4, 0.5) is 0 Å². The molecule has 2 rings (SSSR count). The molecule has 60 valence electrons. The van der Waals surface area contributed by atoms with Crippen LogP contribution in [0.5, 0.6) is 11.5 Å². The maximum Gasteiger partial charge on any atom is 0.306 e. The van der Waals surface area contributed by atoms with Crippen LogP contribution in [-0.4, -0.2) is 6.29 Å². The van der Waals surface area contributed by atoms with Crippen molar-refractivity contribution in [3.63, 3.8) is 0 Å². The van der Waals surface area contributed by atoms with Crippen molar-refractivity contribution in [3.05, 3.63) is 24.3 Å². The van der Waals surface area contributed by atoms with Crippen LogP contribution >= 0.6 is 0 Å². The summed E-state index contributed by atoms with van der Waals surface area (Å²) in [5.74, 6) is 7.08. The van der Waals surface area contributed by atoms with Gasteiger partial charge in [0.15, 0.2) is 11.5 Å². The smallest absolute Gasteiger partial charge is 0.306 e. The Kier molecular flexibility index (Phi) is 1.64. The van der Waals surface area contributed by atoms with Gasteiger partial charge in [-0.3, -0.25) is 0 Å². The highest BCUT2D eigenvalue weighted by atomic mass is 16.7. The summed E-state index contributed by atoms with van der Waals surface area (Å²) in [5.41, 5.74) is 0. The first-order valence-electron chi connectivity index (χ1n) is 3.75. The number of fused-ring (bicyclic) bond motifs is 1. The van der Waals surface area contributed by atoms with Crippen LogP contribution in [0.25, 0.3) is 0 Å². The molecule has 1 aliphatic heterocycles. The first-order valence-corrected chi connectivity index (χ1v) is 3.75. The minimum absolute atomic E-state index is 0.424. The van der Waals surface area contributed by atoms with Crippen molar-refractivity contribution in [2.45, 2.75) is 13.2 Å². The summed E-state index contributed by atoms with van der Waals surface area (Å²) in [6.45, 7) is 1.76. The SMILES string of the molecule is CC#CC1Oc2ccccc2O1. The first-order chi connectivity index (χ1) is 5.90. The standard InChI is InChI=1S/C10H8O2/c1-2-5-10-11-8-6-3-4-7-9(8)12-10/h3-4,6-7,10H,1H3. The van der Waals surface area contributed by atoms with Crippen molar-refractivity contribution in [3.8, 4) is 23.3 Å². The molecule has 0 radical (unpaired) electrons. The summed E-state index contributed by atoms with van der Waals surface area (Å²) < 4.78 is 10.7. The van der Waals surface area contributed by atoms with Gasteiger partial charge in [-0.15, -0.1) is 0 Å². The van der Waals surface area contributed by atoms with Gasteiger partial charge in [0.25, 0.3) is 0 Å². The second-order valence-electron chi connectivity index (χ2n) is 2.41. The van der Waals surface area contributed by atoms with Crippen LogP contribution in [0.3, 0.4) is 0 Å². The van der Waals surface area contributed by atoms with Gasteiger partial charge in [0.05, 0.1) is 0 Å². The third kappa shape index (κ3) is 1.10. The molecule has 0 N–H and O–H groups in total. The molecule has 0 amide bonds. The number of para-hydroxylation sites is 2. The van der Waals surface area contributed by atoms with Crippen molar-refractivity contribution in [1.29, 1.82) is 0 Å². The predicted octanol–water partition coefficient (Wildman–Crippen LogP) is 1.81. The lowest BCUT2D eigenvalue weighted by Crippen LogP contribution is -2.14. The Balaban J connectivity index is 2.25. The van der Waals surface area contributed by atoms with Crippen LogP contribution in [0.2, 0.25) is 0 Å². The number of hydrogen-bond donors (Lipinski definition) is 0. The second kappa shape index (κ2) is 2.78. The zero-order valence-corrected chi connectivity index (χ0v) is 6.70. The van der Waals surface area contributed by atoms with Gasteiger partial charge in [-0.2, -0.15) is 0 Å². The van der Waals surface area contributed by atoms with Gasteiger partial charge >= 0.3 is 6.29 Å². The third-order valence-corrected chi connectivity index (χ3v) is 1.58. The van der Waals surface area contributed by atoms with E-state index in [9.17, 15) is 0 Å². The lowest BCUT2D eigenvalue weighted by molar-refractivity contribution is 0.104. The van der Waals surface area contributed by atoms with Gasteiger partial charge in [0.1, 0.15) is 0 Å². The van der Waals surface area contributed by atoms with Crippen LogP contribution in [0, 0.1) is 11.8 Å². The van der Waals surface area contributed by atoms with Gasteiger partial charge in [0, 0.05) is 0 Å². The molecule has 2 nitrogen and oxygen atoms in total. The summed E-state index contributed by atoms with van der Waals surface area (Å²) >= 11 is 0. The van der Waals surface area contributed by atoms with E-state index in [1.54, 1.807) is 6.92 Å². The van der Waals surface area contributed by atoms with E-state index in [1.807, 2.05) is 24.3 Å². The highest BCUT2D eigenvalue weighted by Gasteiger charge is 2.20. The molecule has 0 saturated carbocycles. The Morgan fingerprint density at radius 1 is 1.17 bits per heavy atom. The number of hydrogen-bond acceptors (Lipinski definition) is 2. The molecule has 0 saturated heterocycles. The second-order valence-corrected chi connectivity index (χ2v) is 2.41. The summed E-state index contributed by atoms with van der Waals surface area (Å²) in [7, 11) is 0. The molecule has 1 aliphatic rings. The van der Waals surface area contributed by atoms with Crippen molar-refractivity contribution in [1.82, 2.24) is 0 Å². The maximum absolute atomic E-state index is 5.35. The van der Waals surface area contributed by atoms with Gasteiger partial charge in [0.2, 0.25) is 0 Å².